The highest BCUT2D eigenvalue weighted by Crippen LogP contribution is 2.18. The lowest BCUT2D eigenvalue weighted by Gasteiger charge is -2.11. The Morgan fingerprint density at radius 3 is 2.52 bits per heavy atom. The molecule has 0 bridgehead atoms. The monoisotopic (exact) mass is 312 g/mol. The van der Waals surface area contributed by atoms with E-state index < -0.39 is 0 Å². The molecule has 2 N–H and O–H groups in total. The number of ether oxygens (including phenoxy) is 1. The Morgan fingerprint density at radius 1 is 1.09 bits per heavy atom. The zero-order valence-electron chi connectivity index (χ0n) is 14.0. The van der Waals surface area contributed by atoms with Crippen LogP contribution in [0.5, 0.6) is 5.75 Å². The van der Waals surface area contributed by atoms with Crippen LogP contribution >= 0.6 is 0 Å². The van der Waals surface area contributed by atoms with Gasteiger partial charge < -0.3 is 15.4 Å². The van der Waals surface area contributed by atoms with Crippen LogP contribution in [0, 0.1) is 13.8 Å². The summed E-state index contributed by atoms with van der Waals surface area (Å²) in [6.45, 7) is 7.26. The normalized spacial score (nSPS) is 10.2. The minimum absolute atomic E-state index is 0.0112. The van der Waals surface area contributed by atoms with Crippen molar-refractivity contribution in [2.24, 2.45) is 0 Å². The van der Waals surface area contributed by atoms with Gasteiger partial charge in [-0.15, -0.1) is 0 Å². The van der Waals surface area contributed by atoms with E-state index in [1.165, 1.54) is 5.56 Å². The second kappa shape index (κ2) is 8.22. The summed E-state index contributed by atoms with van der Waals surface area (Å²) in [5, 5.41) is 6.20. The van der Waals surface area contributed by atoms with E-state index in [1.54, 1.807) is 0 Å². The molecule has 4 nitrogen and oxygen atoms in total. The molecule has 0 unspecified atom stereocenters. The molecule has 0 spiro atoms. The van der Waals surface area contributed by atoms with E-state index >= 15 is 0 Å². The first-order valence-electron chi connectivity index (χ1n) is 7.93. The number of rotatable bonds is 7. The smallest absolute Gasteiger partial charge is 0.226 e. The number of aryl methyl sites for hydroxylation is 1. The molecule has 2 rings (SSSR count). The van der Waals surface area contributed by atoms with Crippen molar-refractivity contribution in [1.82, 2.24) is 0 Å². The number of nitrogens with one attached hydrogen (secondary N) is 2. The van der Waals surface area contributed by atoms with E-state index in [9.17, 15) is 4.79 Å². The molecule has 0 radical (unpaired) electrons. The van der Waals surface area contributed by atoms with Crippen molar-refractivity contribution in [1.29, 1.82) is 0 Å². The molecule has 0 aromatic heterocycles. The van der Waals surface area contributed by atoms with Crippen molar-refractivity contribution in [2.75, 3.05) is 23.8 Å². The van der Waals surface area contributed by atoms with Crippen molar-refractivity contribution in [3.63, 3.8) is 0 Å². The fraction of sp³-hybridized carbons (Fsp3) is 0.316. The number of carbonyl (C=O) groups is 1. The summed E-state index contributed by atoms with van der Waals surface area (Å²) in [6.07, 6.45) is 0.417. The molecule has 2 aromatic rings. The molecule has 0 fully saturated rings. The quantitative estimate of drug-likeness (QED) is 0.808. The van der Waals surface area contributed by atoms with Crippen LogP contribution in [0.4, 0.5) is 11.4 Å². The van der Waals surface area contributed by atoms with Crippen LogP contribution in [-0.2, 0) is 4.79 Å². The van der Waals surface area contributed by atoms with Crippen LogP contribution in [0.15, 0.2) is 42.5 Å². The van der Waals surface area contributed by atoms with Crippen LogP contribution in [0.3, 0.4) is 0 Å². The highest BCUT2D eigenvalue weighted by Gasteiger charge is 2.05. The molecule has 0 aliphatic heterocycles. The molecule has 4 heteroatoms. The van der Waals surface area contributed by atoms with Gasteiger partial charge in [-0.05, 0) is 62.2 Å². The minimum atomic E-state index is 0.0112. The van der Waals surface area contributed by atoms with E-state index in [2.05, 4.69) is 10.6 Å². The van der Waals surface area contributed by atoms with Crippen molar-refractivity contribution < 1.29 is 9.53 Å². The van der Waals surface area contributed by atoms with Crippen molar-refractivity contribution in [3.8, 4) is 5.75 Å². The Balaban J connectivity index is 1.79. The summed E-state index contributed by atoms with van der Waals surface area (Å²) in [5.41, 5.74) is 4.15. The van der Waals surface area contributed by atoms with Crippen LogP contribution in [0.1, 0.15) is 24.5 Å². The van der Waals surface area contributed by atoms with Gasteiger partial charge >= 0.3 is 0 Å². The van der Waals surface area contributed by atoms with E-state index in [-0.39, 0.29) is 5.91 Å². The van der Waals surface area contributed by atoms with Gasteiger partial charge in [-0.3, -0.25) is 4.79 Å². The predicted octanol–water partition coefficient (Wildman–Crippen LogP) is 4.14. The van der Waals surface area contributed by atoms with E-state index in [0.29, 0.717) is 19.6 Å². The summed E-state index contributed by atoms with van der Waals surface area (Å²) in [6, 6.07) is 13.7. The SMILES string of the molecule is CCOc1ccc(NCCC(=O)Nc2cccc(C)c2C)cc1. The molecule has 122 valence electrons. The Bertz CT molecular complexity index is 651. The third-order valence-corrected chi connectivity index (χ3v) is 3.73. The average Bonchev–Trinajstić information content (AvgIpc) is 2.54. The third kappa shape index (κ3) is 5.02. The van der Waals surface area contributed by atoms with Crippen LogP contribution in [0.2, 0.25) is 0 Å². The number of amides is 1. The van der Waals surface area contributed by atoms with Gasteiger partial charge in [-0.25, -0.2) is 0 Å². The molecule has 1 amide bonds. The fourth-order valence-corrected chi connectivity index (χ4v) is 2.26. The van der Waals surface area contributed by atoms with Crippen LogP contribution in [-0.4, -0.2) is 19.1 Å². The van der Waals surface area contributed by atoms with Gasteiger partial charge in [0.05, 0.1) is 6.61 Å². The maximum atomic E-state index is 12.0. The Hall–Kier alpha value is -2.49. The van der Waals surface area contributed by atoms with Gasteiger partial charge in [0.15, 0.2) is 0 Å². The Morgan fingerprint density at radius 2 is 1.83 bits per heavy atom. The first-order valence-corrected chi connectivity index (χ1v) is 7.93. The Kier molecular flexibility index (Phi) is 6.03. The lowest BCUT2D eigenvalue weighted by Crippen LogP contribution is -2.17. The zero-order valence-corrected chi connectivity index (χ0v) is 14.0. The van der Waals surface area contributed by atoms with Gasteiger partial charge in [0.2, 0.25) is 5.91 Å². The topological polar surface area (TPSA) is 50.4 Å². The summed E-state index contributed by atoms with van der Waals surface area (Å²) in [5.74, 6) is 0.864. The van der Waals surface area contributed by atoms with E-state index in [0.717, 1.165) is 22.7 Å². The largest absolute Gasteiger partial charge is 0.494 e. The number of anilines is 2. The fourth-order valence-electron chi connectivity index (χ4n) is 2.26. The highest BCUT2D eigenvalue weighted by molar-refractivity contribution is 5.91. The van der Waals surface area contributed by atoms with Crippen molar-refractivity contribution in [3.05, 3.63) is 53.6 Å². The molecule has 0 atom stereocenters. The molecule has 0 saturated carbocycles. The van der Waals surface area contributed by atoms with Crippen molar-refractivity contribution >= 4 is 17.3 Å². The second-order valence-corrected chi connectivity index (χ2v) is 5.43. The maximum absolute atomic E-state index is 12.0. The van der Waals surface area contributed by atoms with Crippen LogP contribution in [0.25, 0.3) is 0 Å². The number of carbonyl (C=O) groups excluding carboxylic acids is 1. The highest BCUT2D eigenvalue weighted by atomic mass is 16.5. The summed E-state index contributed by atoms with van der Waals surface area (Å²) >= 11 is 0. The lowest BCUT2D eigenvalue weighted by atomic mass is 10.1. The first kappa shape index (κ1) is 16.9. The van der Waals surface area contributed by atoms with Gasteiger partial charge in [0.25, 0.3) is 0 Å². The molecule has 0 aliphatic rings. The minimum Gasteiger partial charge on any atom is -0.494 e. The molecule has 0 saturated heterocycles. The predicted molar refractivity (Wildman–Crippen MR) is 95.3 cm³/mol. The third-order valence-electron chi connectivity index (χ3n) is 3.73. The summed E-state index contributed by atoms with van der Waals surface area (Å²) in [4.78, 5) is 12.0. The first-order chi connectivity index (χ1) is 11.1. The Labute approximate surface area is 137 Å². The van der Waals surface area contributed by atoms with Gasteiger partial charge in [-0.1, -0.05) is 12.1 Å². The number of hydrogen-bond acceptors (Lipinski definition) is 3. The lowest BCUT2D eigenvalue weighted by molar-refractivity contribution is -0.115. The summed E-state index contributed by atoms with van der Waals surface area (Å²) < 4.78 is 5.40. The zero-order chi connectivity index (χ0) is 16.7. The molecule has 0 aliphatic carbocycles. The summed E-state index contributed by atoms with van der Waals surface area (Å²) in [7, 11) is 0. The molecule has 2 aromatic carbocycles. The second-order valence-electron chi connectivity index (χ2n) is 5.43. The molecular weight excluding hydrogens is 288 g/mol. The number of benzene rings is 2. The van der Waals surface area contributed by atoms with Crippen LogP contribution < -0.4 is 15.4 Å². The number of hydrogen-bond donors (Lipinski definition) is 2. The van der Waals surface area contributed by atoms with E-state index in [1.807, 2.05) is 63.2 Å². The van der Waals surface area contributed by atoms with Gasteiger partial charge in [0, 0.05) is 24.3 Å². The van der Waals surface area contributed by atoms with E-state index in [4.69, 9.17) is 4.74 Å². The van der Waals surface area contributed by atoms with Gasteiger partial charge in [0.1, 0.15) is 5.75 Å². The molecular formula is C19H24N2O2. The van der Waals surface area contributed by atoms with Crippen molar-refractivity contribution in [2.45, 2.75) is 27.2 Å². The average molecular weight is 312 g/mol. The molecule has 0 heterocycles. The van der Waals surface area contributed by atoms with Gasteiger partial charge in [-0.2, -0.15) is 0 Å². The standard InChI is InChI=1S/C19H24N2O2/c1-4-23-17-10-8-16(9-11-17)20-13-12-19(22)21-18-7-5-6-14(2)15(18)3/h5-11,20H,4,12-13H2,1-3H3,(H,21,22). The molecule has 23 heavy (non-hydrogen) atoms. The maximum Gasteiger partial charge on any atom is 0.226 e.